The van der Waals surface area contributed by atoms with Gasteiger partial charge >= 0.3 is 0 Å². The van der Waals surface area contributed by atoms with E-state index in [-0.39, 0.29) is 0 Å². The maximum Gasteiger partial charge on any atom is -0.0121 e. The first-order chi connectivity index (χ1) is 5.23. The molecule has 0 spiro atoms. The van der Waals surface area contributed by atoms with Crippen molar-refractivity contribution in [2.45, 2.75) is 54.9 Å². The van der Waals surface area contributed by atoms with E-state index < -0.39 is 0 Å². The Morgan fingerprint density at radius 1 is 1.08 bits per heavy atom. The largest absolute Gasteiger partial charge is 0.0799 e. The molecule has 0 rings (SSSR count). The van der Waals surface area contributed by atoms with E-state index in [1.54, 1.807) is 0 Å². The molecular weight excluding hydrogens is 144 g/mol. The van der Waals surface area contributed by atoms with Crippen LogP contribution in [-0.4, -0.2) is 0 Å². The Kier molecular flexibility index (Phi) is 3.56. The molecular formula is C12H24. The monoisotopic (exact) mass is 168 g/mol. The van der Waals surface area contributed by atoms with E-state index in [9.17, 15) is 0 Å². The summed E-state index contributed by atoms with van der Waals surface area (Å²) >= 11 is 0. The lowest BCUT2D eigenvalue weighted by Crippen LogP contribution is -2.30. The average molecular weight is 168 g/mol. The van der Waals surface area contributed by atoms with Gasteiger partial charge in [0.2, 0.25) is 0 Å². The molecule has 0 aliphatic heterocycles. The van der Waals surface area contributed by atoms with Crippen molar-refractivity contribution < 1.29 is 0 Å². The van der Waals surface area contributed by atoms with E-state index >= 15 is 0 Å². The van der Waals surface area contributed by atoms with Crippen molar-refractivity contribution in [3.05, 3.63) is 11.6 Å². The van der Waals surface area contributed by atoms with Crippen LogP contribution in [0.15, 0.2) is 11.6 Å². The summed E-state index contributed by atoms with van der Waals surface area (Å²) in [6.07, 6.45) is 3.61. The zero-order valence-electron chi connectivity index (χ0n) is 9.78. The van der Waals surface area contributed by atoms with Gasteiger partial charge in [0.05, 0.1) is 0 Å². The van der Waals surface area contributed by atoms with Gasteiger partial charge in [-0.2, -0.15) is 0 Å². The summed E-state index contributed by atoms with van der Waals surface area (Å²) in [6.45, 7) is 15.9. The van der Waals surface area contributed by atoms with E-state index in [2.05, 4.69) is 54.5 Å². The van der Waals surface area contributed by atoms with Crippen LogP contribution in [0.5, 0.6) is 0 Å². The van der Waals surface area contributed by atoms with Crippen molar-refractivity contribution in [3.8, 4) is 0 Å². The Morgan fingerprint density at radius 3 is 1.75 bits per heavy atom. The van der Waals surface area contributed by atoms with Crippen molar-refractivity contribution in [2.24, 2.45) is 10.8 Å². The molecule has 0 radical (unpaired) electrons. The highest BCUT2D eigenvalue weighted by molar-refractivity contribution is 5.07. The fourth-order valence-corrected chi connectivity index (χ4v) is 1.37. The van der Waals surface area contributed by atoms with Crippen LogP contribution in [0.1, 0.15) is 54.9 Å². The van der Waals surface area contributed by atoms with Crippen LogP contribution in [0.4, 0.5) is 0 Å². The van der Waals surface area contributed by atoms with Gasteiger partial charge in [-0.3, -0.25) is 0 Å². The van der Waals surface area contributed by atoms with Crippen molar-refractivity contribution in [1.82, 2.24) is 0 Å². The summed E-state index contributed by atoms with van der Waals surface area (Å²) in [7, 11) is 0. The molecule has 0 aromatic carbocycles. The lowest BCUT2D eigenvalue weighted by atomic mass is 9.66. The molecule has 0 heterocycles. The molecule has 0 saturated heterocycles. The van der Waals surface area contributed by atoms with Gasteiger partial charge in [0, 0.05) is 0 Å². The van der Waals surface area contributed by atoms with Gasteiger partial charge in [-0.25, -0.2) is 0 Å². The molecule has 12 heavy (non-hydrogen) atoms. The Balaban J connectivity index is 4.72. The standard InChI is InChI=1S/C12H24/c1-8-11(4,5)12(6,7)9-10(2)3/h9H,8H2,1-7H3. The molecule has 0 N–H and O–H groups in total. The highest BCUT2D eigenvalue weighted by atomic mass is 14.4. The second kappa shape index (κ2) is 3.64. The summed E-state index contributed by atoms with van der Waals surface area (Å²) < 4.78 is 0. The predicted molar refractivity (Wildman–Crippen MR) is 57.3 cm³/mol. The minimum absolute atomic E-state index is 0.306. The van der Waals surface area contributed by atoms with Gasteiger partial charge in [-0.05, 0) is 24.7 Å². The summed E-state index contributed by atoms with van der Waals surface area (Å²) in [5.41, 5.74) is 2.12. The Hall–Kier alpha value is -0.260. The molecule has 0 saturated carbocycles. The quantitative estimate of drug-likeness (QED) is 0.547. The minimum Gasteiger partial charge on any atom is -0.0799 e. The third kappa shape index (κ3) is 2.66. The predicted octanol–water partition coefficient (Wildman–Crippen LogP) is 4.42. The van der Waals surface area contributed by atoms with Crippen LogP contribution >= 0.6 is 0 Å². The third-order valence-corrected chi connectivity index (χ3v) is 3.28. The third-order valence-electron chi connectivity index (χ3n) is 3.28. The first-order valence-corrected chi connectivity index (χ1v) is 4.89. The van der Waals surface area contributed by atoms with Crippen molar-refractivity contribution in [2.75, 3.05) is 0 Å². The molecule has 0 fully saturated rings. The van der Waals surface area contributed by atoms with Crippen LogP contribution in [0, 0.1) is 10.8 Å². The maximum absolute atomic E-state index is 2.39. The second-order valence-electron chi connectivity index (χ2n) is 5.18. The van der Waals surface area contributed by atoms with Crippen LogP contribution in [-0.2, 0) is 0 Å². The SMILES string of the molecule is CCC(C)(C)C(C)(C)C=C(C)C. The van der Waals surface area contributed by atoms with Crippen LogP contribution in [0.3, 0.4) is 0 Å². The van der Waals surface area contributed by atoms with Gasteiger partial charge in [0.1, 0.15) is 0 Å². The molecule has 0 amide bonds. The fraction of sp³-hybridized carbons (Fsp3) is 0.833. The highest BCUT2D eigenvalue weighted by Gasteiger charge is 2.32. The molecule has 0 aliphatic carbocycles. The number of rotatable bonds is 3. The summed E-state index contributed by atoms with van der Waals surface area (Å²) in [6, 6.07) is 0. The Morgan fingerprint density at radius 2 is 1.50 bits per heavy atom. The van der Waals surface area contributed by atoms with E-state index in [1.807, 2.05) is 0 Å². The molecule has 0 aromatic rings. The Bertz CT molecular complexity index is 166. The molecule has 0 atom stereocenters. The van der Waals surface area contributed by atoms with Gasteiger partial charge in [0.15, 0.2) is 0 Å². The highest BCUT2D eigenvalue weighted by Crippen LogP contribution is 2.42. The topological polar surface area (TPSA) is 0 Å². The van der Waals surface area contributed by atoms with Crippen molar-refractivity contribution in [1.29, 1.82) is 0 Å². The first-order valence-electron chi connectivity index (χ1n) is 4.89. The van der Waals surface area contributed by atoms with Crippen LogP contribution in [0.2, 0.25) is 0 Å². The second-order valence-corrected chi connectivity index (χ2v) is 5.18. The lowest BCUT2D eigenvalue weighted by Gasteiger charge is -2.39. The van der Waals surface area contributed by atoms with Gasteiger partial charge in [-0.15, -0.1) is 0 Å². The Labute approximate surface area is 78.1 Å². The molecule has 0 nitrogen and oxygen atoms in total. The smallest absolute Gasteiger partial charge is 0.0121 e. The summed E-state index contributed by atoms with van der Waals surface area (Å²) in [5.74, 6) is 0. The van der Waals surface area contributed by atoms with Crippen molar-refractivity contribution in [3.63, 3.8) is 0 Å². The average Bonchev–Trinajstić information content (AvgIpc) is 1.84. The summed E-state index contributed by atoms with van der Waals surface area (Å²) in [5, 5.41) is 0. The molecule has 72 valence electrons. The number of allylic oxidation sites excluding steroid dienone is 2. The van der Waals surface area contributed by atoms with Crippen molar-refractivity contribution >= 4 is 0 Å². The summed E-state index contributed by atoms with van der Waals surface area (Å²) in [4.78, 5) is 0. The zero-order valence-corrected chi connectivity index (χ0v) is 9.78. The van der Waals surface area contributed by atoms with Gasteiger partial charge in [-0.1, -0.05) is 52.7 Å². The normalized spacial score (nSPS) is 12.9. The lowest BCUT2D eigenvalue weighted by molar-refractivity contribution is 0.158. The molecule has 0 aromatic heterocycles. The van der Waals surface area contributed by atoms with Crippen LogP contribution < -0.4 is 0 Å². The fourth-order valence-electron chi connectivity index (χ4n) is 1.37. The van der Waals surface area contributed by atoms with Gasteiger partial charge in [0.25, 0.3) is 0 Å². The van der Waals surface area contributed by atoms with Crippen LogP contribution in [0.25, 0.3) is 0 Å². The molecule has 0 bridgehead atoms. The van der Waals surface area contributed by atoms with E-state index in [4.69, 9.17) is 0 Å². The maximum atomic E-state index is 2.39. The van der Waals surface area contributed by atoms with Gasteiger partial charge < -0.3 is 0 Å². The van der Waals surface area contributed by atoms with E-state index in [0.717, 1.165) is 0 Å². The molecule has 0 aliphatic rings. The number of hydrogen-bond acceptors (Lipinski definition) is 0. The minimum atomic E-state index is 0.306. The molecule has 0 heteroatoms. The first kappa shape index (κ1) is 11.7. The number of hydrogen-bond donors (Lipinski definition) is 0. The van der Waals surface area contributed by atoms with E-state index in [1.165, 1.54) is 12.0 Å². The van der Waals surface area contributed by atoms with E-state index in [0.29, 0.717) is 10.8 Å². The molecule has 0 unspecified atom stereocenters. The zero-order chi connectivity index (χ0) is 9.99.